The topological polar surface area (TPSA) is 27.6 Å². The summed E-state index contributed by atoms with van der Waals surface area (Å²) in [7, 11) is 0. The molecule has 1 heterocycles. The molecule has 0 unspecified atom stereocenters. The molecule has 1 saturated heterocycles. The van der Waals surface area contributed by atoms with Crippen molar-refractivity contribution in [3.8, 4) is 0 Å². The summed E-state index contributed by atoms with van der Waals surface area (Å²) < 4.78 is 0.349. The van der Waals surface area contributed by atoms with Crippen LogP contribution in [0, 0.1) is 0 Å². The minimum absolute atomic E-state index is 0.349. The van der Waals surface area contributed by atoms with Crippen LogP contribution in [0.4, 0.5) is 0 Å². The van der Waals surface area contributed by atoms with Gasteiger partial charge in [0.2, 0.25) is 0 Å². The minimum atomic E-state index is 0.349. The molecule has 0 aromatic carbocycles. The van der Waals surface area contributed by atoms with Crippen LogP contribution in [0.3, 0.4) is 0 Å². The zero-order valence-electron chi connectivity index (χ0n) is 10.3. The molecule has 0 amide bonds. The zero-order valence-corrected chi connectivity index (χ0v) is 11.2. The largest absolute Gasteiger partial charge is 0.357 e. The van der Waals surface area contributed by atoms with Gasteiger partial charge in [-0.3, -0.25) is 4.99 Å². The van der Waals surface area contributed by atoms with Crippen molar-refractivity contribution < 1.29 is 0 Å². The Balaban J connectivity index is 2.63. The molecule has 0 aromatic heterocycles. The number of nitrogens with zero attached hydrogens (tertiary/aromatic N) is 2. The highest BCUT2D eigenvalue weighted by Crippen LogP contribution is 2.29. The van der Waals surface area contributed by atoms with Crippen LogP contribution in [0.1, 0.15) is 27.7 Å². The van der Waals surface area contributed by atoms with Crippen LogP contribution < -0.4 is 5.32 Å². The molecule has 88 valence electrons. The second kappa shape index (κ2) is 5.64. The summed E-state index contributed by atoms with van der Waals surface area (Å²) in [5.41, 5.74) is 0. The fourth-order valence-corrected chi connectivity index (χ4v) is 2.88. The summed E-state index contributed by atoms with van der Waals surface area (Å²) in [5, 5.41) is 3.36. The van der Waals surface area contributed by atoms with E-state index in [4.69, 9.17) is 0 Å². The number of hydrogen-bond donors (Lipinski definition) is 1. The Labute approximate surface area is 97.7 Å². The average Bonchev–Trinajstić information content (AvgIpc) is 2.16. The lowest BCUT2D eigenvalue weighted by Gasteiger charge is -2.39. The summed E-state index contributed by atoms with van der Waals surface area (Å²) in [4.78, 5) is 6.90. The third kappa shape index (κ3) is 3.93. The monoisotopic (exact) mass is 229 g/mol. The first kappa shape index (κ1) is 12.7. The first-order chi connectivity index (χ1) is 7.09. The number of aliphatic imine (C=N–C) groups is 1. The standard InChI is InChI=1S/C11H23N3S/c1-5-12-10(13-6-2)14-7-8-15-11(3,4)9-14/h5-9H2,1-4H3,(H,12,13). The molecule has 0 aromatic rings. The molecule has 0 bridgehead atoms. The maximum absolute atomic E-state index is 4.53. The van der Waals surface area contributed by atoms with E-state index in [0.717, 1.165) is 32.1 Å². The smallest absolute Gasteiger partial charge is 0.193 e. The zero-order chi connectivity index (χ0) is 11.3. The van der Waals surface area contributed by atoms with Crippen LogP contribution in [-0.2, 0) is 0 Å². The second-order valence-electron chi connectivity index (χ2n) is 4.36. The van der Waals surface area contributed by atoms with Gasteiger partial charge in [0.1, 0.15) is 0 Å². The predicted octanol–water partition coefficient (Wildman–Crippen LogP) is 1.80. The fraction of sp³-hybridized carbons (Fsp3) is 0.909. The normalized spacial score (nSPS) is 21.6. The van der Waals surface area contributed by atoms with Gasteiger partial charge in [-0.1, -0.05) is 0 Å². The molecule has 0 radical (unpaired) electrons. The van der Waals surface area contributed by atoms with E-state index in [1.165, 1.54) is 5.75 Å². The summed E-state index contributed by atoms with van der Waals surface area (Å²) >= 11 is 2.05. The first-order valence-electron chi connectivity index (χ1n) is 5.76. The molecule has 3 nitrogen and oxygen atoms in total. The van der Waals surface area contributed by atoms with Crippen molar-refractivity contribution in [1.82, 2.24) is 10.2 Å². The third-order valence-electron chi connectivity index (χ3n) is 2.37. The van der Waals surface area contributed by atoms with Crippen LogP contribution in [0.25, 0.3) is 0 Å². The molecule has 1 rings (SSSR count). The summed E-state index contributed by atoms with van der Waals surface area (Å²) in [6.07, 6.45) is 0. The van der Waals surface area contributed by atoms with Gasteiger partial charge in [-0.15, -0.1) is 0 Å². The van der Waals surface area contributed by atoms with Crippen LogP contribution in [0.2, 0.25) is 0 Å². The van der Waals surface area contributed by atoms with Crippen molar-refractivity contribution in [2.24, 2.45) is 4.99 Å². The van der Waals surface area contributed by atoms with Crippen LogP contribution in [0.15, 0.2) is 4.99 Å². The lowest BCUT2D eigenvalue weighted by Crippen LogP contribution is -2.50. The Hall–Kier alpha value is -0.380. The van der Waals surface area contributed by atoms with Gasteiger partial charge in [-0.05, 0) is 27.7 Å². The minimum Gasteiger partial charge on any atom is -0.357 e. The molecule has 0 saturated carbocycles. The van der Waals surface area contributed by atoms with Crippen LogP contribution >= 0.6 is 11.8 Å². The van der Waals surface area contributed by atoms with Gasteiger partial charge in [0.15, 0.2) is 5.96 Å². The van der Waals surface area contributed by atoms with Crippen molar-refractivity contribution in [2.75, 3.05) is 31.9 Å². The van der Waals surface area contributed by atoms with E-state index in [9.17, 15) is 0 Å². The Morgan fingerprint density at radius 3 is 2.73 bits per heavy atom. The molecule has 1 aliphatic rings. The maximum atomic E-state index is 4.53. The van der Waals surface area contributed by atoms with E-state index in [2.05, 4.69) is 54.7 Å². The van der Waals surface area contributed by atoms with Gasteiger partial charge < -0.3 is 10.2 Å². The quantitative estimate of drug-likeness (QED) is 0.578. The SMILES string of the molecule is CCN=C(NCC)N1CCSC(C)(C)C1. The van der Waals surface area contributed by atoms with E-state index in [0.29, 0.717) is 4.75 Å². The van der Waals surface area contributed by atoms with Gasteiger partial charge in [0, 0.05) is 36.7 Å². The third-order valence-corrected chi connectivity index (χ3v) is 3.67. The molecule has 1 aliphatic heterocycles. The Morgan fingerprint density at radius 1 is 1.47 bits per heavy atom. The highest BCUT2D eigenvalue weighted by molar-refractivity contribution is 8.00. The highest BCUT2D eigenvalue weighted by atomic mass is 32.2. The number of thioether (sulfide) groups is 1. The average molecular weight is 229 g/mol. The number of guanidine groups is 1. The Kier molecular flexibility index (Phi) is 4.77. The lowest BCUT2D eigenvalue weighted by atomic mass is 10.2. The predicted molar refractivity (Wildman–Crippen MR) is 69.8 cm³/mol. The van der Waals surface area contributed by atoms with E-state index < -0.39 is 0 Å². The molecule has 4 heteroatoms. The summed E-state index contributed by atoms with van der Waals surface area (Å²) in [6.45, 7) is 12.8. The van der Waals surface area contributed by atoms with Crippen LogP contribution in [-0.4, -0.2) is 47.5 Å². The second-order valence-corrected chi connectivity index (χ2v) is 6.16. The summed E-state index contributed by atoms with van der Waals surface area (Å²) in [6, 6.07) is 0. The van der Waals surface area contributed by atoms with Gasteiger partial charge >= 0.3 is 0 Å². The molecular weight excluding hydrogens is 206 g/mol. The molecule has 1 N–H and O–H groups in total. The van der Waals surface area contributed by atoms with E-state index in [1.807, 2.05) is 0 Å². The van der Waals surface area contributed by atoms with E-state index in [-0.39, 0.29) is 0 Å². The molecular formula is C11H23N3S. The van der Waals surface area contributed by atoms with Crippen molar-refractivity contribution >= 4 is 17.7 Å². The van der Waals surface area contributed by atoms with Gasteiger partial charge in [0.25, 0.3) is 0 Å². The molecule has 1 fully saturated rings. The van der Waals surface area contributed by atoms with E-state index >= 15 is 0 Å². The number of rotatable bonds is 2. The van der Waals surface area contributed by atoms with Crippen molar-refractivity contribution in [1.29, 1.82) is 0 Å². The van der Waals surface area contributed by atoms with Gasteiger partial charge in [-0.2, -0.15) is 11.8 Å². The summed E-state index contributed by atoms with van der Waals surface area (Å²) in [5.74, 6) is 2.27. The molecule has 0 atom stereocenters. The molecule has 0 spiro atoms. The Morgan fingerprint density at radius 2 is 2.20 bits per heavy atom. The van der Waals surface area contributed by atoms with E-state index in [1.54, 1.807) is 0 Å². The van der Waals surface area contributed by atoms with Gasteiger partial charge in [0.05, 0.1) is 0 Å². The highest BCUT2D eigenvalue weighted by Gasteiger charge is 2.28. The van der Waals surface area contributed by atoms with Crippen molar-refractivity contribution in [3.05, 3.63) is 0 Å². The maximum Gasteiger partial charge on any atom is 0.193 e. The van der Waals surface area contributed by atoms with Crippen molar-refractivity contribution in [3.63, 3.8) is 0 Å². The lowest BCUT2D eigenvalue weighted by molar-refractivity contribution is 0.376. The molecule has 0 aliphatic carbocycles. The number of hydrogen-bond acceptors (Lipinski definition) is 2. The fourth-order valence-electron chi connectivity index (χ4n) is 1.77. The van der Waals surface area contributed by atoms with Gasteiger partial charge in [-0.25, -0.2) is 0 Å². The first-order valence-corrected chi connectivity index (χ1v) is 6.75. The van der Waals surface area contributed by atoms with Crippen molar-refractivity contribution in [2.45, 2.75) is 32.4 Å². The van der Waals surface area contributed by atoms with Crippen LogP contribution in [0.5, 0.6) is 0 Å². The molecule has 15 heavy (non-hydrogen) atoms. The number of nitrogens with one attached hydrogen (secondary N) is 1. The Bertz CT molecular complexity index is 226.